The lowest BCUT2D eigenvalue weighted by atomic mass is 10.2. The van der Waals surface area contributed by atoms with Gasteiger partial charge in [0.1, 0.15) is 17.9 Å². The Hall–Kier alpha value is -2.83. The molecule has 2 rings (SSSR count). The number of carboxylic acid groups (broad SMARTS) is 1. The number of benzene rings is 1. The SMILES string of the molecule is CC(C)N(CC(=O)O)C(=O)COc1ccc2ccc(=O)oc2c1. The molecule has 23 heavy (non-hydrogen) atoms. The fraction of sp³-hybridized carbons (Fsp3) is 0.312. The summed E-state index contributed by atoms with van der Waals surface area (Å²) in [5, 5.41) is 9.57. The second kappa shape index (κ2) is 6.95. The molecule has 0 bridgehead atoms. The zero-order valence-electron chi connectivity index (χ0n) is 12.8. The Labute approximate surface area is 132 Å². The van der Waals surface area contributed by atoms with Gasteiger partial charge in [-0.25, -0.2) is 4.79 Å². The molecule has 0 saturated heterocycles. The van der Waals surface area contributed by atoms with Crippen LogP contribution in [0.15, 0.2) is 39.5 Å². The molecule has 0 aliphatic rings. The Morgan fingerprint density at radius 2 is 1.96 bits per heavy atom. The summed E-state index contributed by atoms with van der Waals surface area (Å²) in [6, 6.07) is 7.56. The molecule has 0 radical (unpaired) electrons. The Morgan fingerprint density at radius 1 is 1.26 bits per heavy atom. The van der Waals surface area contributed by atoms with Gasteiger partial charge in [-0.2, -0.15) is 0 Å². The average Bonchev–Trinajstić information content (AvgIpc) is 2.49. The van der Waals surface area contributed by atoms with Crippen molar-refractivity contribution in [3.63, 3.8) is 0 Å². The van der Waals surface area contributed by atoms with Crippen LogP contribution in [0.25, 0.3) is 11.0 Å². The Balaban J connectivity index is 2.08. The molecule has 122 valence electrons. The first-order valence-electron chi connectivity index (χ1n) is 7.05. The van der Waals surface area contributed by atoms with Gasteiger partial charge in [-0.05, 0) is 32.0 Å². The number of carbonyl (C=O) groups excluding carboxylic acids is 1. The maximum Gasteiger partial charge on any atom is 0.336 e. The van der Waals surface area contributed by atoms with Crippen molar-refractivity contribution >= 4 is 22.8 Å². The van der Waals surface area contributed by atoms with E-state index in [1.165, 1.54) is 17.0 Å². The summed E-state index contributed by atoms with van der Waals surface area (Å²) in [4.78, 5) is 35.3. The smallest absolute Gasteiger partial charge is 0.336 e. The van der Waals surface area contributed by atoms with Gasteiger partial charge < -0.3 is 19.2 Å². The minimum Gasteiger partial charge on any atom is -0.484 e. The summed E-state index contributed by atoms with van der Waals surface area (Å²) < 4.78 is 10.4. The summed E-state index contributed by atoms with van der Waals surface area (Å²) in [6.45, 7) is 2.78. The van der Waals surface area contributed by atoms with Gasteiger partial charge in [0.2, 0.25) is 0 Å². The van der Waals surface area contributed by atoms with E-state index in [1.807, 2.05) is 0 Å². The van der Waals surface area contributed by atoms with Crippen LogP contribution in [0.5, 0.6) is 5.75 Å². The number of fused-ring (bicyclic) bond motifs is 1. The molecule has 1 N–H and O–H groups in total. The first-order valence-corrected chi connectivity index (χ1v) is 7.05. The number of nitrogens with zero attached hydrogens (tertiary/aromatic N) is 1. The minimum atomic E-state index is -1.08. The summed E-state index contributed by atoms with van der Waals surface area (Å²) in [6.07, 6.45) is 0. The standard InChI is InChI=1S/C16H17NO6/c1-10(2)17(8-15(19)20)14(18)9-22-12-5-3-11-4-6-16(21)23-13(11)7-12/h3-7,10H,8-9H2,1-2H3,(H,19,20). The number of hydrogen-bond acceptors (Lipinski definition) is 5. The highest BCUT2D eigenvalue weighted by Gasteiger charge is 2.20. The number of carbonyl (C=O) groups is 2. The van der Waals surface area contributed by atoms with E-state index in [1.54, 1.807) is 32.0 Å². The van der Waals surface area contributed by atoms with Crippen molar-refractivity contribution in [2.75, 3.05) is 13.2 Å². The van der Waals surface area contributed by atoms with Crippen molar-refractivity contribution in [3.05, 3.63) is 40.8 Å². The van der Waals surface area contributed by atoms with Crippen molar-refractivity contribution in [2.45, 2.75) is 19.9 Å². The number of aliphatic carboxylic acids is 1. The molecule has 0 fully saturated rings. The highest BCUT2D eigenvalue weighted by atomic mass is 16.5. The molecule has 1 heterocycles. The van der Waals surface area contributed by atoms with E-state index < -0.39 is 17.5 Å². The molecule has 0 unspecified atom stereocenters. The number of carboxylic acids is 1. The Bertz CT molecular complexity index is 779. The van der Waals surface area contributed by atoms with Gasteiger partial charge in [0.15, 0.2) is 6.61 Å². The fourth-order valence-electron chi connectivity index (χ4n) is 2.06. The molecular formula is C16H17NO6. The van der Waals surface area contributed by atoms with Gasteiger partial charge in [0, 0.05) is 23.6 Å². The number of hydrogen-bond donors (Lipinski definition) is 1. The van der Waals surface area contributed by atoms with Crippen LogP contribution in [0.1, 0.15) is 13.8 Å². The third-order valence-electron chi connectivity index (χ3n) is 3.21. The molecule has 0 aliphatic carbocycles. The number of ether oxygens (including phenoxy) is 1. The first-order chi connectivity index (χ1) is 10.9. The van der Waals surface area contributed by atoms with Crippen LogP contribution >= 0.6 is 0 Å². The van der Waals surface area contributed by atoms with Crippen LogP contribution in [-0.2, 0) is 9.59 Å². The lowest BCUT2D eigenvalue weighted by Crippen LogP contribution is -2.43. The Morgan fingerprint density at radius 3 is 2.61 bits per heavy atom. The van der Waals surface area contributed by atoms with Crippen LogP contribution in [0.4, 0.5) is 0 Å². The van der Waals surface area contributed by atoms with Crippen LogP contribution in [0, 0.1) is 0 Å². The van der Waals surface area contributed by atoms with Crippen molar-refractivity contribution in [3.8, 4) is 5.75 Å². The van der Waals surface area contributed by atoms with Crippen molar-refractivity contribution < 1.29 is 23.8 Å². The molecular weight excluding hydrogens is 302 g/mol. The fourth-order valence-corrected chi connectivity index (χ4v) is 2.06. The summed E-state index contributed by atoms with van der Waals surface area (Å²) in [7, 11) is 0. The molecule has 0 saturated carbocycles. The van der Waals surface area contributed by atoms with Crippen LogP contribution in [0.3, 0.4) is 0 Å². The summed E-state index contributed by atoms with van der Waals surface area (Å²) in [5.41, 5.74) is -0.119. The van der Waals surface area contributed by atoms with Crippen molar-refractivity contribution in [1.29, 1.82) is 0 Å². The van der Waals surface area contributed by atoms with E-state index in [4.69, 9.17) is 14.3 Å². The molecule has 1 aromatic heterocycles. The van der Waals surface area contributed by atoms with E-state index in [2.05, 4.69) is 0 Å². The van der Waals surface area contributed by atoms with Gasteiger partial charge in [-0.1, -0.05) is 0 Å². The van der Waals surface area contributed by atoms with Gasteiger partial charge in [0.05, 0.1) is 0 Å². The normalized spacial score (nSPS) is 10.7. The quantitative estimate of drug-likeness (QED) is 0.810. The summed E-state index contributed by atoms with van der Waals surface area (Å²) >= 11 is 0. The third-order valence-corrected chi connectivity index (χ3v) is 3.21. The lowest BCUT2D eigenvalue weighted by Gasteiger charge is -2.24. The molecule has 1 aromatic carbocycles. The van der Waals surface area contributed by atoms with Gasteiger partial charge in [-0.3, -0.25) is 9.59 Å². The van der Waals surface area contributed by atoms with E-state index in [0.29, 0.717) is 11.3 Å². The van der Waals surface area contributed by atoms with E-state index in [9.17, 15) is 14.4 Å². The average molecular weight is 319 g/mol. The van der Waals surface area contributed by atoms with Crippen molar-refractivity contribution in [1.82, 2.24) is 4.90 Å². The van der Waals surface area contributed by atoms with Gasteiger partial charge in [0.25, 0.3) is 5.91 Å². The molecule has 0 atom stereocenters. The molecule has 0 aliphatic heterocycles. The van der Waals surface area contributed by atoms with Crippen molar-refractivity contribution in [2.24, 2.45) is 0 Å². The zero-order chi connectivity index (χ0) is 17.0. The topological polar surface area (TPSA) is 97.0 Å². The van der Waals surface area contributed by atoms with E-state index >= 15 is 0 Å². The monoisotopic (exact) mass is 319 g/mol. The maximum atomic E-state index is 12.1. The second-order valence-corrected chi connectivity index (χ2v) is 5.25. The largest absolute Gasteiger partial charge is 0.484 e. The van der Waals surface area contributed by atoms with Crippen LogP contribution in [-0.4, -0.2) is 41.1 Å². The number of amides is 1. The predicted molar refractivity (Wildman–Crippen MR) is 82.5 cm³/mol. The van der Waals surface area contributed by atoms with Crippen LogP contribution < -0.4 is 10.4 Å². The highest BCUT2D eigenvalue weighted by Crippen LogP contribution is 2.19. The second-order valence-electron chi connectivity index (χ2n) is 5.25. The maximum absolute atomic E-state index is 12.1. The number of rotatable bonds is 6. The lowest BCUT2D eigenvalue weighted by molar-refractivity contribution is -0.146. The third kappa shape index (κ3) is 4.32. The van der Waals surface area contributed by atoms with E-state index in [0.717, 1.165) is 5.39 Å². The first kappa shape index (κ1) is 16.5. The minimum absolute atomic E-state index is 0.253. The van der Waals surface area contributed by atoms with Crippen LogP contribution in [0.2, 0.25) is 0 Å². The molecule has 2 aromatic rings. The summed E-state index contributed by atoms with van der Waals surface area (Å²) in [5.74, 6) is -1.16. The molecule has 7 nitrogen and oxygen atoms in total. The predicted octanol–water partition coefficient (Wildman–Crippen LogP) is 1.49. The molecule has 1 amide bonds. The molecule has 0 spiro atoms. The van der Waals surface area contributed by atoms with Gasteiger partial charge >= 0.3 is 11.6 Å². The molecule has 7 heteroatoms. The van der Waals surface area contributed by atoms with E-state index in [-0.39, 0.29) is 19.2 Å². The van der Waals surface area contributed by atoms with Gasteiger partial charge in [-0.15, -0.1) is 0 Å². The Kier molecular flexibility index (Phi) is 5.00. The highest BCUT2D eigenvalue weighted by molar-refractivity contribution is 5.83. The zero-order valence-corrected chi connectivity index (χ0v) is 12.8.